The lowest BCUT2D eigenvalue weighted by molar-refractivity contribution is -0.870. The minimum Gasteiger partial charge on any atom is -0.477 e. The topological polar surface area (TPSA) is 108 Å². The number of ether oxygens (including phenoxy) is 4. The maximum Gasteiger partial charge on any atom is 0.361 e. The van der Waals surface area contributed by atoms with E-state index in [-0.39, 0.29) is 38.6 Å². The molecule has 0 aliphatic heterocycles. The van der Waals surface area contributed by atoms with Gasteiger partial charge in [0.15, 0.2) is 6.10 Å². The van der Waals surface area contributed by atoms with Gasteiger partial charge in [0.25, 0.3) is 6.29 Å². The summed E-state index contributed by atoms with van der Waals surface area (Å²) in [7, 11) is 5.95. The molecule has 0 amide bonds. The lowest BCUT2D eigenvalue weighted by atomic mass is 10.1. The van der Waals surface area contributed by atoms with Crippen LogP contribution in [0.1, 0.15) is 219 Å². The maximum atomic E-state index is 12.9. The minimum atomic E-state index is -1.52. The van der Waals surface area contributed by atoms with Crippen LogP contribution < -0.4 is 0 Å². The number of aliphatic carboxylic acids is 1. The van der Waals surface area contributed by atoms with Crippen LogP contribution in [0.4, 0.5) is 0 Å². The highest BCUT2D eigenvalue weighted by molar-refractivity contribution is 5.71. The summed E-state index contributed by atoms with van der Waals surface area (Å²) in [4.78, 5) is 37.4. The van der Waals surface area contributed by atoms with E-state index in [0.717, 1.165) is 103 Å². The van der Waals surface area contributed by atoms with Crippen molar-refractivity contribution in [3.63, 3.8) is 0 Å². The van der Waals surface area contributed by atoms with Crippen molar-refractivity contribution in [3.8, 4) is 0 Å². The van der Waals surface area contributed by atoms with Crippen molar-refractivity contribution >= 4 is 17.9 Å². The van der Waals surface area contributed by atoms with Crippen LogP contribution in [0.15, 0.2) is 109 Å². The van der Waals surface area contributed by atoms with Gasteiger partial charge in [0.2, 0.25) is 0 Å². The number of carboxylic acid groups (broad SMARTS) is 1. The Bertz CT molecular complexity index is 1560. The zero-order valence-electron chi connectivity index (χ0n) is 47.3. The number of rotatable bonds is 52. The third-order valence-electron chi connectivity index (χ3n) is 12.0. The van der Waals surface area contributed by atoms with Gasteiger partial charge in [0.1, 0.15) is 13.2 Å². The van der Waals surface area contributed by atoms with Crippen LogP contribution in [0.2, 0.25) is 0 Å². The van der Waals surface area contributed by atoms with Crippen molar-refractivity contribution < 1.29 is 42.9 Å². The van der Waals surface area contributed by atoms with E-state index in [0.29, 0.717) is 17.4 Å². The summed E-state index contributed by atoms with van der Waals surface area (Å²) in [5.41, 5.74) is 0. The molecule has 0 heterocycles. The SMILES string of the molecule is CC/C=C\C/C=C\C/C=C\C/C=C\C/C=C\C/C=C\C/C=C\CCCCCCCC(=O)OC(COC(=O)CCCCCCCCCCC/C=C\C/C=C\CCCCCCC)COC(OCC[N+](C)(C)C)C(=O)O. The van der Waals surface area contributed by atoms with Crippen molar-refractivity contribution in [2.75, 3.05) is 47.5 Å². The fourth-order valence-corrected chi connectivity index (χ4v) is 7.55. The molecule has 0 bridgehead atoms. The van der Waals surface area contributed by atoms with Crippen molar-refractivity contribution in [2.45, 2.75) is 232 Å². The Hall–Kier alpha value is -4.05. The molecule has 2 unspecified atom stereocenters. The summed E-state index contributed by atoms with van der Waals surface area (Å²) in [5, 5.41) is 9.70. The first-order valence-corrected chi connectivity index (χ1v) is 29.1. The van der Waals surface area contributed by atoms with Crippen LogP contribution in [-0.2, 0) is 33.3 Å². The summed E-state index contributed by atoms with van der Waals surface area (Å²) in [5.74, 6) is -2.05. The molecule has 0 saturated carbocycles. The molecular weight excluding hydrogens is 911 g/mol. The van der Waals surface area contributed by atoms with Gasteiger partial charge in [-0.05, 0) is 103 Å². The molecule has 0 aromatic rings. The average Bonchev–Trinajstić information content (AvgIpc) is 3.36. The third-order valence-corrected chi connectivity index (χ3v) is 12.0. The Balaban J connectivity index is 4.35. The zero-order valence-corrected chi connectivity index (χ0v) is 47.3. The van der Waals surface area contributed by atoms with E-state index in [4.69, 9.17) is 18.9 Å². The number of nitrogens with zero attached hydrogens (tertiary/aromatic N) is 1. The normalized spacial score (nSPS) is 13.6. The number of esters is 2. The number of carboxylic acids is 1. The number of hydrogen-bond acceptors (Lipinski definition) is 7. The van der Waals surface area contributed by atoms with Gasteiger partial charge in [-0.1, -0.05) is 213 Å². The molecule has 9 heteroatoms. The molecule has 1 N–H and O–H groups in total. The van der Waals surface area contributed by atoms with E-state index < -0.39 is 24.3 Å². The highest BCUT2D eigenvalue weighted by Gasteiger charge is 2.25. The van der Waals surface area contributed by atoms with E-state index >= 15 is 0 Å². The molecule has 0 aromatic heterocycles. The Morgan fingerprint density at radius 1 is 0.425 bits per heavy atom. The van der Waals surface area contributed by atoms with Gasteiger partial charge in [-0.3, -0.25) is 9.59 Å². The van der Waals surface area contributed by atoms with Gasteiger partial charge < -0.3 is 28.5 Å². The lowest BCUT2D eigenvalue weighted by Gasteiger charge is -2.25. The second-order valence-corrected chi connectivity index (χ2v) is 20.2. The molecule has 0 fully saturated rings. The summed E-state index contributed by atoms with van der Waals surface area (Å²) in [6.07, 6.45) is 71.6. The standard InChI is InChI=1S/C64H107NO8/c1-6-8-10-12-14-16-18-20-22-24-26-28-29-30-31-32-33-35-37-39-41-43-45-47-49-51-53-55-62(67)73-60(59-72-64(63(68)69)70-57-56-65(3,4)5)58-71-61(66)54-52-50-48-46-44-42-40-38-36-34-27-25-23-21-19-17-15-13-11-9-7-2/h8,10,14,16,19-22,25-28,30-31,33,35,39,41,60,64H,6-7,9,11-13,15,17-18,23-24,29,32,34,36-38,40,42-59H2,1-5H3/p+1/b10-8-,16-14-,21-19-,22-20-,27-25-,28-26-,31-30-,35-33-,41-39-. The molecule has 2 atom stereocenters. The first-order valence-electron chi connectivity index (χ1n) is 29.1. The van der Waals surface area contributed by atoms with Crippen LogP contribution >= 0.6 is 0 Å². The van der Waals surface area contributed by atoms with Gasteiger partial charge >= 0.3 is 17.9 Å². The monoisotopic (exact) mass is 1020 g/mol. The van der Waals surface area contributed by atoms with Gasteiger partial charge in [0, 0.05) is 12.8 Å². The fraction of sp³-hybridized carbons (Fsp3) is 0.672. The third kappa shape index (κ3) is 55.5. The molecule has 416 valence electrons. The highest BCUT2D eigenvalue weighted by Crippen LogP contribution is 2.14. The average molecular weight is 1020 g/mol. The molecule has 0 aromatic carbocycles. The second-order valence-electron chi connectivity index (χ2n) is 20.2. The zero-order chi connectivity index (χ0) is 53.4. The predicted octanol–water partition coefficient (Wildman–Crippen LogP) is 17.1. The number of unbranched alkanes of at least 4 members (excludes halogenated alkanes) is 19. The van der Waals surface area contributed by atoms with Crippen LogP contribution in [0.25, 0.3) is 0 Å². The van der Waals surface area contributed by atoms with E-state index in [1.807, 2.05) is 21.1 Å². The maximum absolute atomic E-state index is 12.9. The molecule has 0 saturated heterocycles. The number of likely N-dealkylation sites (N-methyl/N-ethyl adjacent to an activating group) is 1. The first-order chi connectivity index (χ1) is 35.6. The van der Waals surface area contributed by atoms with E-state index in [2.05, 4.69) is 123 Å². The summed E-state index contributed by atoms with van der Waals surface area (Å²) < 4.78 is 22.9. The van der Waals surface area contributed by atoms with Crippen molar-refractivity contribution in [1.82, 2.24) is 0 Å². The Kier molecular flexibility index (Phi) is 51.2. The summed E-state index contributed by atoms with van der Waals surface area (Å²) >= 11 is 0. The Morgan fingerprint density at radius 3 is 1.16 bits per heavy atom. The number of carbonyl (C=O) groups excluding carboxylic acids is 2. The van der Waals surface area contributed by atoms with Crippen LogP contribution in [0.3, 0.4) is 0 Å². The number of hydrogen-bond donors (Lipinski definition) is 1. The number of quaternary nitrogens is 1. The van der Waals surface area contributed by atoms with Gasteiger partial charge in [-0.25, -0.2) is 4.79 Å². The first kappa shape index (κ1) is 69.0. The summed E-state index contributed by atoms with van der Waals surface area (Å²) in [6.45, 7) is 4.72. The predicted molar refractivity (Wildman–Crippen MR) is 308 cm³/mol. The molecule has 0 aliphatic rings. The molecule has 0 aliphatic carbocycles. The highest BCUT2D eigenvalue weighted by atomic mass is 16.7. The molecule has 73 heavy (non-hydrogen) atoms. The molecule has 0 radical (unpaired) electrons. The van der Waals surface area contributed by atoms with E-state index in [1.165, 1.54) is 83.5 Å². The largest absolute Gasteiger partial charge is 0.477 e. The smallest absolute Gasteiger partial charge is 0.361 e. The molecule has 0 rings (SSSR count). The van der Waals surface area contributed by atoms with Crippen molar-refractivity contribution in [2.24, 2.45) is 0 Å². The Labute approximate surface area is 447 Å². The van der Waals surface area contributed by atoms with E-state index in [9.17, 15) is 19.5 Å². The van der Waals surface area contributed by atoms with Gasteiger partial charge in [0.05, 0.1) is 34.4 Å². The second kappa shape index (κ2) is 54.2. The van der Waals surface area contributed by atoms with Crippen molar-refractivity contribution in [3.05, 3.63) is 109 Å². The van der Waals surface area contributed by atoms with Crippen molar-refractivity contribution in [1.29, 1.82) is 0 Å². The minimum absolute atomic E-state index is 0.177. The van der Waals surface area contributed by atoms with Gasteiger partial charge in [-0.15, -0.1) is 0 Å². The Morgan fingerprint density at radius 2 is 0.781 bits per heavy atom. The lowest BCUT2D eigenvalue weighted by Crippen LogP contribution is -2.40. The van der Waals surface area contributed by atoms with Crippen LogP contribution in [-0.4, -0.2) is 87.4 Å². The van der Waals surface area contributed by atoms with Crippen LogP contribution in [0.5, 0.6) is 0 Å². The quantitative estimate of drug-likeness (QED) is 0.0211. The summed E-state index contributed by atoms with van der Waals surface area (Å²) in [6, 6.07) is 0. The number of carbonyl (C=O) groups is 3. The molecule has 0 spiro atoms. The fourth-order valence-electron chi connectivity index (χ4n) is 7.55. The van der Waals surface area contributed by atoms with E-state index in [1.54, 1.807) is 0 Å². The molecular formula is C64H108NO8+. The molecule has 9 nitrogen and oxygen atoms in total. The van der Waals surface area contributed by atoms with Crippen LogP contribution in [0, 0.1) is 0 Å². The number of allylic oxidation sites excluding steroid dienone is 18. The van der Waals surface area contributed by atoms with Gasteiger partial charge in [-0.2, -0.15) is 0 Å².